The zero-order chi connectivity index (χ0) is 9.28. The van der Waals surface area contributed by atoms with Gasteiger partial charge in [0, 0.05) is 13.1 Å². The van der Waals surface area contributed by atoms with Crippen LogP contribution in [0.2, 0.25) is 0 Å². The summed E-state index contributed by atoms with van der Waals surface area (Å²) in [7, 11) is 9.72. The normalized spacial score (nSPS) is 10.2. The van der Waals surface area contributed by atoms with Gasteiger partial charge >= 0.3 is 49.1 Å². The van der Waals surface area contributed by atoms with Gasteiger partial charge < -0.3 is 9.80 Å². The molecule has 0 atom stereocenters. The van der Waals surface area contributed by atoms with Crippen LogP contribution in [0.3, 0.4) is 0 Å². The van der Waals surface area contributed by atoms with Crippen LogP contribution in [0.25, 0.3) is 0 Å². The van der Waals surface area contributed by atoms with Crippen LogP contribution in [0.15, 0.2) is 0 Å². The fourth-order valence-corrected chi connectivity index (χ4v) is 0.400. The Morgan fingerprint density at radius 2 is 1.09 bits per heavy atom. The molecule has 0 rings (SSSR count). The molecule has 5 heteroatoms. The minimum atomic E-state index is 1.15. The molecule has 0 spiro atoms. The van der Waals surface area contributed by atoms with Gasteiger partial charge in [-0.05, 0) is 28.2 Å². The van der Waals surface area contributed by atoms with Gasteiger partial charge in [-0.1, -0.05) is 0 Å². The number of hydrogen-bond acceptors (Lipinski definition) is 2. The molecule has 0 N–H and O–H groups in total. The van der Waals surface area contributed by atoms with E-state index in [4.69, 9.17) is 0 Å². The molecule has 0 saturated carbocycles. The Kier molecular flexibility index (Phi) is 16.6. The average molecular weight is 429 g/mol. The van der Waals surface area contributed by atoms with Crippen molar-refractivity contribution < 1.29 is 8.26 Å². The summed E-state index contributed by atoms with van der Waals surface area (Å²) in [6, 6.07) is 0. The van der Waals surface area contributed by atoms with Gasteiger partial charge in [-0.25, -0.2) is 0 Å². The molecule has 0 aromatic heterocycles. The molecule has 0 aliphatic heterocycles. The molecule has 0 aliphatic rings. The third kappa shape index (κ3) is 24.5. The third-order valence-corrected chi connectivity index (χ3v) is 0.994. The van der Waals surface area contributed by atoms with E-state index in [0.717, 1.165) is 13.1 Å². The van der Waals surface area contributed by atoms with Crippen LogP contribution in [-0.2, 0) is 8.26 Å². The van der Waals surface area contributed by atoms with E-state index in [2.05, 4.69) is 78.8 Å². The fourth-order valence-electron chi connectivity index (χ4n) is 0.400. The standard InChI is InChI=1S/C6H16N2.Co.2HI/c1-7(2)5-6-8(3)4;;;/h5-6H2,1-4H3;;2*1H/q;+2;;/p-2. The predicted molar refractivity (Wildman–Crippen MR) is 65.1 cm³/mol. The summed E-state index contributed by atoms with van der Waals surface area (Å²) in [5, 5.41) is 0. The number of hydrogen-bond donors (Lipinski definition) is 0. The van der Waals surface area contributed by atoms with Gasteiger partial charge in [0.25, 0.3) is 0 Å². The van der Waals surface area contributed by atoms with Crippen LogP contribution < -0.4 is 0 Å². The monoisotopic (exact) mass is 429 g/mol. The van der Waals surface area contributed by atoms with Crippen LogP contribution in [0.5, 0.6) is 0 Å². The Hall–Kier alpha value is 1.89. The van der Waals surface area contributed by atoms with Crippen molar-refractivity contribution in [3.8, 4) is 0 Å². The SMILES string of the molecule is CN(C)CCN(C)C.[I][Co][I]. The molecule has 0 aromatic rings. The summed E-state index contributed by atoms with van der Waals surface area (Å²) in [4.78, 5) is 4.36. The Morgan fingerprint density at radius 3 is 1.18 bits per heavy atom. The second-order valence-electron chi connectivity index (χ2n) is 2.65. The van der Waals surface area contributed by atoms with Crippen LogP contribution >= 0.6 is 40.8 Å². The molecule has 2 nitrogen and oxygen atoms in total. The van der Waals surface area contributed by atoms with Crippen LogP contribution in [0.4, 0.5) is 0 Å². The predicted octanol–water partition coefficient (Wildman–Crippen LogP) is 1.88. The molecular weight excluding hydrogens is 413 g/mol. The van der Waals surface area contributed by atoms with Crippen molar-refractivity contribution in [3.05, 3.63) is 0 Å². The van der Waals surface area contributed by atoms with Crippen molar-refractivity contribution in [1.29, 1.82) is 0 Å². The number of rotatable bonds is 3. The van der Waals surface area contributed by atoms with Gasteiger partial charge in [0.05, 0.1) is 0 Å². The Morgan fingerprint density at radius 1 is 0.909 bits per heavy atom. The van der Waals surface area contributed by atoms with Gasteiger partial charge in [-0.15, -0.1) is 0 Å². The zero-order valence-electron chi connectivity index (χ0n) is 7.40. The first-order chi connectivity index (χ1) is 5.04. The number of likely N-dealkylation sites (N-methyl/N-ethyl adjacent to an activating group) is 2. The molecule has 0 radical (unpaired) electrons. The molecule has 73 valence electrons. The molecular formula is C6H16CoI2N2. The Bertz CT molecular complexity index is 63.6. The van der Waals surface area contributed by atoms with E-state index in [9.17, 15) is 0 Å². The number of halogens is 2. The first-order valence-electron chi connectivity index (χ1n) is 3.17. The van der Waals surface area contributed by atoms with E-state index in [1.165, 1.54) is 8.26 Å². The fraction of sp³-hybridized carbons (Fsp3) is 1.00. The van der Waals surface area contributed by atoms with E-state index < -0.39 is 0 Å². The van der Waals surface area contributed by atoms with Crippen LogP contribution in [0.1, 0.15) is 0 Å². The Labute approximate surface area is 99.1 Å². The maximum absolute atomic E-state index is 2.24. The van der Waals surface area contributed by atoms with Gasteiger partial charge in [-0.3, -0.25) is 0 Å². The maximum atomic E-state index is 2.24. The van der Waals surface area contributed by atoms with Crippen molar-refractivity contribution in [2.24, 2.45) is 0 Å². The molecule has 11 heavy (non-hydrogen) atoms. The van der Waals surface area contributed by atoms with Gasteiger partial charge in [0.15, 0.2) is 0 Å². The van der Waals surface area contributed by atoms with E-state index >= 15 is 0 Å². The summed E-state index contributed by atoms with van der Waals surface area (Å²) in [5.74, 6) is 0. The second-order valence-corrected chi connectivity index (χ2v) is 11.4. The summed E-state index contributed by atoms with van der Waals surface area (Å²) >= 11 is 4.49. The van der Waals surface area contributed by atoms with Crippen molar-refractivity contribution in [3.63, 3.8) is 0 Å². The molecule has 0 heterocycles. The quantitative estimate of drug-likeness (QED) is 0.633. The summed E-state index contributed by atoms with van der Waals surface area (Å²) in [5.41, 5.74) is 0. The Balaban J connectivity index is 0. The van der Waals surface area contributed by atoms with Crippen molar-refractivity contribution in [2.45, 2.75) is 0 Å². The first-order valence-corrected chi connectivity index (χ1v) is 9.89. The van der Waals surface area contributed by atoms with E-state index in [1.807, 2.05) is 0 Å². The minimum absolute atomic E-state index is 1.15. The summed E-state index contributed by atoms with van der Waals surface area (Å²) in [6.07, 6.45) is 0. The molecule has 0 bridgehead atoms. The van der Waals surface area contributed by atoms with Crippen LogP contribution in [0, 0.1) is 0 Å². The van der Waals surface area contributed by atoms with Crippen molar-refractivity contribution >= 4 is 40.8 Å². The first kappa shape index (κ1) is 15.4. The topological polar surface area (TPSA) is 6.48 Å². The summed E-state index contributed by atoms with van der Waals surface area (Å²) in [6.45, 7) is 2.29. The molecule has 0 saturated heterocycles. The second kappa shape index (κ2) is 11.9. The summed E-state index contributed by atoms with van der Waals surface area (Å²) < 4.78 is 0. The van der Waals surface area contributed by atoms with E-state index in [1.54, 1.807) is 0 Å². The molecule has 0 aromatic carbocycles. The van der Waals surface area contributed by atoms with Gasteiger partial charge in [0.2, 0.25) is 0 Å². The number of nitrogens with zero attached hydrogens (tertiary/aromatic N) is 2. The third-order valence-electron chi connectivity index (χ3n) is 0.994. The van der Waals surface area contributed by atoms with E-state index in [0.29, 0.717) is 0 Å². The average Bonchev–Trinajstić information content (AvgIpc) is 1.85. The van der Waals surface area contributed by atoms with Gasteiger partial charge in [-0.2, -0.15) is 0 Å². The molecule has 0 aliphatic carbocycles. The van der Waals surface area contributed by atoms with Crippen molar-refractivity contribution in [2.75, 3.05) is 41.3 Å². The zero-order valence-corrected chi connectivity index (χ0v) is 12.8. The molecule has 0 fully saturated rings. The van der Waals surface area contributed by atoms with E-state index in [-0.39, 0.29) is 0 Å². The molecule has 0 amide bonds. The van der Waals surface area contributed by atoms with Gasteiger partial charge in [0.1, 0.15) is 0 Å². The molecule has 0 unspecified atom stereocenters. The van der Waals surface area contributed by atoms with Crippen molar-refractivity contribution in [1.82, 2.24) is 9.80 Å². The van der Waals surface area contributed by atoms with Crippen LogP contribution in [-0.4, -0.2) is 51.1 Å².